The van der Waals surface area contributed by atoms with Gasteiger partial charge in [-0.2, -0.15) is 0 Å². The number of aryl methyl sites for hydroxylation is 1. The van der Waals surface area contributed by atoms with Crippen molar-refractivity contribution in [2.75, 3.05) is 32.1 Å². The van der Waals surface area contributed by atoms with Crippen LogP contribution in [0.25, 0.3) is 21.3 Å². The van der Waals surface area contributed by atoms with E-state index in [-0.39, 0.29) is 5.91 Å². The van der Waals surface area contributed by atoms with Gasteiger partial charge in [0.05, 0.1) is 16.6 Å². The molecule has 0 radical (unpaired) electrons. The standard InChI is InChI=1S/C26H26ClN3OS/c1-18-22(27)13-14-23-25(18)28-26(32-23)30(16-15-29(2)3)24(31)17-19-9-11-21(12-10-19)20-7-5-4-6-8-20/h4-14H,15-17H2,1-3H3. The van der Waals surface area contributed by atoms with E-state index in [0.717, 1.165) is 38.6 Å². The minimum absolute atomic E-state index is 0.0436. The van der Waals surface area contributed by atoms with Crippen LogP contribution in [0.3, 0.4) is 0 Å². The number of amides is 1. The van der Waals surface area contributed by atoms with Crippen LogP contribution in [-0.2, 0) is 11.2 Å². The zero-order chi connectivity index (χ0) is 22.7. The van der Waals surface area contributed by atoms with Gasteiger partial charge in [0.15, 0.2) is 5.13 Å². The molecule has 0 saturated heterocycles. The van der Waals surface area contributed by atoms with Crippen molar-refractivity contribution in [3.8, 4) is 11.1 Å². The number of thiazole rings is 1. The van der Waals surface area contributed by atoms with Crippen molar-refractivity contribution in [2.45, 2.75) is 13.3 Å². The number of carbonyl (C=O) groups excluding carboxylic acids is 1. The van der Waals surface area contributed by atoms with Crippen LogP contribution < -0.4 is 4.90 Å². The Labute approximate surface area is 198 Å². The summed E-state index contributed by atoms with van der Waals surface area (Å²) in [5, 5.41) is 1.41. The normalized spacial score (nSPS) is 11.3. The second kappa shape index (κ2) is 9.82. The molecule has 0 bridgehead atoms. The molecule has 0 N–H and O–H groups in total. The highest BCUT2D eigenvalue weighted by Gasteiger charge is 2.21. The van der Waals surface area contributed by atoms with E-state index in [9.17, 15) is 4.79 Å². The van der Waals surface area contributed by atoms with Gasteiger partial charge in [0.1, 0.15) is 0 Å². The van der Waals surface area contributed by atoms with Gasteiger partial charge in [-0.25, -0.2) is 4.98 Å². The monoisotopic (exact) mass is 463 g/mol. The van der Waals surface area contributed by atoms with Crippen LogP contribution in [0.15, 0.2) is 66.7 Å². The third-order valence-corrected chi connectivity index (χ3v) is 6.91. The average molecular weight is 464 g/mol. The third kappa shape index (κ3) is 5.01. The Morgan fingerprint density at radius 1 is 0.938 bits per heavy atom. The second-order valence-electron chi connectivity index (χ2n) is 8.10. The van der Waals surface area contributed by atoms with Gasteiger partial charge >= 0.3 is 0 Å². The quantitative estimate of drug-likeness (QED) is 0.334. The highest BCUT2D eigenvalue weighted by Crippen LogP contribution is 2.34. The van der Waals surface area contributed by atoms with Crippen LogP contribution in [0.1, 0.15) is 11.1 Å². The van der Waals surface area contributed by atoms with Gasteiger partial charge in [-0.05, 0) is 55.4 Å². The SMILES string of the molecule is Cc1c(Cl)ccc2sc(N(CCN(C)C)C(=O)Cc3ccc(-c4ccccc4)cc3)nc12. The summed E-state index contributed by atoms with van der Waals surface area (Å²) in [5.41, 5.74) is 5.12. The van der Waals surface area contributed by atoms with Crippen LogP contribution in [0, 0.1) is 6.92 Å². The van der Waals surface area contributed by atoms with Gasteiger partial charge in [0.25, 0.3) is 0 Å². The molecule has 3 aromatic carbocycles. The molecule has 0 saturated carbocycles. The van der Waals surface area contributed by atoms with E-state index in [4.69, 9.17) is 16.6 Å². The van der Waals surface area contributed by atoms with Gasteiger partial charge in [0, 0.05) is 18.1 Å². The number of benzene rings is 3. The van der Waals surface area contributed by atoms with Crippen molar-refractivity contribution in [2.24, 2.45) is 0 Å². The molecule has 32 heavy (non-hydrogen) atoms. The van der Waals surface area contributed by atoms with Gasteiger partial charge in [-0.1, -0.05) is 77.5 Å². The number of anilines is 1. The molecule has 6 heteroatoms. The first-order valence-corrected chi connectivity index (χ1v) is 11.8. The molecular formula is C26H26ClN3OS. The number of fused-ring (bicyclic) bond motifs is 1. The van der Waals surface area contributed by atoms with Crippen LogP contribution in [-0.4, -0.2) is 43.0 Å². The second-order valence-corrected chi connectivity index (χ2v) is 9.52. The number of hydrogen-bond donors (Lipinski definition) is 0. The molecule has 0 atom stereocenters. The summed E-state index contributed by atoms with van der Waals surface area (Å²) in [6, 6.07) is 22.3. The highest BCUT2D eigenvalue weighted by molar-refractivity contribution is 7.22. The summed E-state index contributed by atoms with van der Waals surface area (Å²) in [5.74, 6) is 0.0436. The first kappa shape index (κ1) is 22.5. The fourth-order valence-electron chi connectivity index (χ4n) is 3.55. The molecule has 4 aromatic rings. The molecule has 164 valence electrons. The molecule has 0 unspecified atom stereocenters. The maximum absolute atomic E-state index is 13.4. The molecule has 0 aliphatic rings. The Morgan fingerprint density at radius 2 is 1.62 bits per heavy atom. The van der Waals surface area contributed by atoms with E-state index in [2.05, 4.69) is 29.2 Å². The van der Waals surface area contributed by atoms with Gasteiger partial charge in [-0.3, -0.25) is 9.69 Å². The van der Waals surface area contributed by atoms with Crippen molar-refractivity contribution in [3.05, 3.63) is 82.9 Å². The lowest BCUT2D eigenvalue weighted by Crippen LogP contribution is -2.37. The number of nitrogens with zero attached hydrogens (tertiary/aromatic N) is 3. The Hall–Kier alpha value is -2.73. The zero-order valence-corrected chi connectivity index (χ0v) is 20.1. The fourth-order valence-corrected chi connectivity index (χ4v) is 4.77. The summed E-state index contributed by atoms with van der Waals surface area (Å²) >= 11 is 7.82. The smallest absolute Gasteiger partial charge is 0.233 e. The van der Waals surface area contributed by atoms with Crippen molar-refractivity contribution in [1.82, 2.24) is 9.88 Å². The lowest BCUT2D eigenvalue weighted by molar-refractivity contribution is -0.118. The molecule has 0 aliphatic heterocycles. The number of likely N-dealkylation sites (N-methyl/N-ethyl adjacent to an activating group) is 1. The number of halogens is 1. The van der Waals surface area contributed by atoms with Gasteiger partial charge < -0.3 is 4.90 Å². The van der Waals surface area contributed by atoms with Crippen molar-refractivity contribution in [1.29, 1.82) is 0 Å². The lowest BCUT2D eigenvalue weighted by atomic mass is 10.0. The molecule has 1 aromatic heterocycles. The first-order chi connectivity index (χ1) is 15.4. The summed E-state index contributed by atoms with van der Waals surface area (Å²) in [4.78, 5) is 22.0. The minimum atomic E-state index is 0.0436. The third-order valence-electron chi connectivity index (χ3n) is 5.46. The summed E-state index contributed by atoms with van der Waals surface area (Å²) in [6.45, 7) is 3.31. The van der Waals surface area contributed by atoms with E-state index in [0.29, 0.717) is 18.0 Å². The Kier molecular flexibility index (Phi) is 6.89. The minimum Gasteiger partial charge on any atom is -0.308 e. The molecule has 0 fully saturated rings. The van der Waals surface area contributed by atoms with E-state index >= 15 is 0 Å². The maximum Gasteiger partial charge on any atom is 0.233 e. The first-order valence-electron chi connectivity index (χ1n) is 10.6. The summed E-state index contributed by atoms with van der Waals surface area (Å²) in [6.07, 6.45) is 0.332. The zero-order valence-electron chi connectivity index (χ0n) is 18.5. The lowest BCUT2D eigenvalue weighted by Gasteiger charge is -2.22. The molecule has 0 spiro atoms. The van der Waals surface area contributed by atoms with Crippen LogP contribution >= 0.6 is 22.9 Å². The predicted octanol–water partition coefficient (Wildman–Crippen LogP) is 6.06. The average Bonchev–Trinajstić information content (AvgIpc) is 3.22. The topological polar surface area (TPSA) is 36.4 Å². The summed E-state index contributed by atoms with van der Waals surface area (Å²) in [7, 11) is 4.01. The fraction of sp³-hybridized carbons (Fsp3) is 0.231. The highest BCUT2D eigenvalue weighted by atomic mass is 35.5. The Morgan fingerprint density at radius 3 is 2.31 bits per heavy atom. The number of hydrogen-bond acceptors (Lipinski definition) is 4. The Bertz CT molecular complexity index is 1220. The van der Waals surface area contributed by atoms with E-state index < -0.39 is 0 Å². The van der Waals surface area contributed by atoms with Crippen LogP contribution in [0.4, 0.5) is 5.13 Å². The van der Waals surface area contributed by atoms with Crippen molar-refractivity contribution >= 4 is 44.2 Å². The van der Waals surface area contributed by atoms with E-state index in [1.54, 1.807) is 0 Å². The molecule has 4 nitrogen and oxygen atoms in total. The molecule has 1 amide bonds. The number of aromatic nitrogens is 1. The van der Waals surface area contributed by atoms with Crippen molar-refractivity contribution in [3.63, 3.8) is 0 Å². The van der Waals surface area contributed by atoms with Gasteiger partial charge in [-0.15, -0.1) is 0 Å². The number of rotatable bonds is 7. The van der Waals surface area contributed by atoms with Crippen molar-refractivity contribution < 1.29 is 4.79 Å². The van der Waals surface area contributed by atoms with Crippen LogP contribution in [0.2, 0.25) is 5.02 Å². The Balaban J connectivity index is 1.58. The summed E-state index contributed by atoms with van der Waals surface area (Å²) < 4.78 is 1.04. The molecule has 4 rings (SSSR count). The molecule has 1 heterocycles. The maximum atomic E-state index is 13.4. The van der Waals surface area contributed by atoms with Gasteiger partial charge in [0.2, 0.25) is 5.91 Å². The predicted molar refractivity (Wildman–Crippen MR) is 136 cm³/mol. The van der Waals surface area contributed by atoms with Crippen LogP contribution in [0.5, 0.6) is 0 Å². The van der Waals surface area contributed by atoms with E-state index in [1.165, 1.54) is 16.9 Å². The molecule has 0 aliphatic carbocycles. The van der Waals surface area contributed by atoms with E-state index in [1.807, 2.05) is 68.4 Å². The number of carbonyl (C=O) groups is 1. The largest absolute Gasteiger partial charge is 0.308 e. The molecular weight excluding hydrogens is 438 g/mol.